The van der Waals surface area contributed by atoms with Gasteiger partial charge in [-0.1, -0.05) is 30.3 Å². The van der Waals surface area contributed by atoms with E-state index in [0.717, 1.165) is 45.4 Å². The average Bonchev–Trinajstić information content (AvgIpc) is 2.93. The first-order chi connectivity index (χ1) is 15.0. The van der Waals surface area contributed by atoms with Crippen LogP contribution in [0, 0.1) is 5.41 Å². The minimum atomic E-state index is -0.0912. The van der Waals surface area contributed by atoms with E-state index in [0.29, 0.717) is 19.5 Å². The number of nitrogens with zero attached hydrogens (tertiary/aromatic N) is 3. The molecule has 0 bridgehead atoms. The number of nitrogens with one attached hydrogen (secondary N) is 1. The SMILES string of the molecule is CC(=O)NCCC(=O)N1Cc2ccccc2CC2(CCN(Cc3cccnc3)CC2)C1. The summed E-state index contributed by atoms with van der Waals surface area (Å²) in [6.45, 7) is 6.34. The van der Waals surface area contributed by atoms with Crippen molar-refractivity contribution < 1.29 is 9.59 Å². The lowest BCUT2D eigenvalue weighted by atomic mass is 9.73. The van der Waals surface area contributed by atoms with Gasteiger partial charge in [0.15, 0.2) is 0 Å². The Morgan fingerprint density at radius 2 is 1.87 bits per heavy atom. The van der Waals surface area contributed by atoms with Crippen molar-refractivity contribution in [2.75, 3.05) is 26.2 Å². The van der Waals surface area contributed by atoms with E-state index in [1.54, 1.807) is 0 Å². The highest BCUT2D eigenvalue weighted by Crippen LogP contribution is 2.40. The van der Waals surface area contributed by atoms with Crippen molar-refractivity contribution >= 4 is 11.8 Å². The fraction of sp³-hybridized carbons (Fsp3) is 0.480. The molecule has 1 aromatic carbocycles. The summed E-state index contributed by atoms with van der Waals surface area (Å²) in [6.07, 6.45) is 7.30. The number of hydrogen-bond donors (Lipinski definition) is 1. The minimum Gasteiger partial charge on any atom is -0.356 e. The van der Waals surface area contributed by atoms with E-state index >= 15 is 0 Å². The number of likely N-dealkylation sites (tertiary alicyclic amines) is 1. The molecule has 3 heterocycles. The first-order valence-corrected chi connectivity index (χ1v) is 11.2. The van der Waals surface area contributed by atoms with Crippen molar-refractivity contribution in [3.63, 3.8) is 0 Å². The van der Waals surface area contributed by atoms with Crippen LogP contribution in [0.3, 0.4) is 0 Å². The molecule has 31 heavy (non-hydrogen) atoms. The topological polar surface area (TPSA) is 65.5 Å². The normalized spacial score (nSPS) is 18.3. The van der Waals surface area contributed by atoms with E-state index in [4.69, 9.17) is 0 Å². The Labute approximate surface area is 184 Å². The molecule has 6 heteroatoms. The number of benzene rings is 1. The van der Waals surface area contributed by atoms with Crippen LogP contribution >= 0.6 is 0 Å². The van der Waals surface area contributed by atoms with Crippen molar-refractivity contribution in [3.05, 3.63) is 65.5 Å². The van der Waals surface area contributed by atoms with E-state index in [-0.39, 0.29) is 17.2 Å². The van der Waals surface area contributed by atoms with Gasteiger partial charge in [0.25, 0.3) is 0 Å². The molecule has 164 valence electrons. The summed E-state index contributed by atoms with van der Waals surface area (Å²) < 4.78 is 0. The van der Waals surface area contributed by atoms with Gasteiger partial charge in [0.1, 0.15) is 0 Å². The number of aromatic nitrogens is 1. The Bertz CT molecular complexity index is 907. The number of pyridine rings is 1. The Morgan fingerprint density at radius 3 is 2.58 bits per heavy atom. The van der Waals surface area contributed by atoms with Crippen molar-refractivity contribution in [1.29, 1.82) is 0 Å². The molecule has 0 atom stereocenters. The maximum absolute atomic E-state index is 13.0. The quantitative estimate of drug-likeness (QED) is 0.808. The Hall–Kier alpha value is -2.73. The number of amides is 2. The molecule has 1 aromatic heterocycles. The van der Waals surface area contributed by atoms with Crippen LogP contribution in [0.25, 0.3) is 0 Å². The number of carbonyl (C=O) groups excluding carboxylic acids is 2. The van der Waals surface area contributed by atoms with Gasteiger partial charge >= 0.3 is 0 Å². The van der Waals surface area contributed by atoms with Crippen LogP contribution in [0.2, 0.25) is 0 Å². The Kier molecular flexibility index (Phi) is 6.66. The van der Waals surface area contributed by atoms with Crippen molar-refractivity contribution in [2.45, 2.75) is 45.7 Å². The summed E-state index contributed by atoms with van der Waals surface area (Å²) in [7, 11) is 0. The predicted molar refractivity (Wildman–Crippen MR) is 120 cm³/mol. The monoisotopic (exact) mass is 420 g/mol. The summed E-state index contributed by atoms with van der Waals surface area (Å²) in [6, 6.07) is 12.7. The molecule has 1 saturated heterocycles. The second kappa shape index (κ2) is 9.60. The van der Waals surface area contributed by atoms with Gasteiger partial charge in [-0.2, -0.15) is 0 Å². The lowest BCUT2D eigenvalue weighted by Gasteiger charge is -2.43. The predicted octanol–water partition coefficient (Wildman–Crippen LogP) is 2.77. The molecule has 2 amide bonds. The number of fused-ring (bicyclic) bond motifs is 1. The summed E-state index contributed by atoms with van der Waals surface area (Å²) in [4.78, 5) is 33.0. The largest absolute Gasteiger partial charge is 0.356 e. The van der Waals surface area contributed by atoms with E-state index in [2.05, 4.69) is 45.5 Å². The highest BCUT2D eigenvalue weighted by molar-refractivity contribution is 5.78. The van der Waals surface area contributed by atoms with E-state index < -0.39 is 0 Å². The van der Waals surface area contributed by atoms with Crippen LogP contribution in [0.4, 0.5) is 0 Å². The molecular weight excluding hydrogens is 388 g/mol. The van der Waals surface area contributed by atoms with Gasteiger partial charge in [0.2, 0.25) is 11.8 Å². The zero-order chi connectivity index (χ0) is 21.7. The molecule has 0 saturated carbocycles. The van der Waals surface area contributed by atoms with Gasteiger partial charge in [-0.05, 0) is 60.5 Å². The van der Waals surface area contributed by atoms with E-state index in [1.807, 2.05) is 23.4 Å². The van der Waals surface area contributed by atoms with E-state index in [9.17, 15) is 9.59 Å². The zero-order valence-corrected chi connectivity index (χ0v) is 18.3. The summed E-state index contributed by atoms with van der Waals surface area (Å²) in [5.74, 6) is 0.0362. The molecule has 0 aliphatic carbocycles. The second-order valence-electron chi connectivity index (χ2n) is 9.07. The zero-order valence-electron chi connectivity index (χ0n) is 18.3. The third-order valence-corrected chi connectivity index (χ3v) is 6.68. The summed E-state index contributed by atoms with van der Waals surface area (Å²) in [5, 5.41) is 2.75. The molecule has 6 nitrogen and oxygen atoms in total. The minimum absolute atomic E-state index is 0.0912. The first-order valence-electron chi connectivity index (χ1n) is 11.2. The maximum atomic E-state index is 13.0. The van der Waals surface area contributed by atoms with Crippen LogP contribution in [0.1, 0.15) is 42.9 Å². The number of carbonyl (C=O) groups is 2. The van der Waals surface area contributed by atoms with Crippen LogP contribution in [-0.4, -0.2) is 52.8 Å². The van der Waals surface area contributed by atoms with Gasteiger partial charge in [-0.3, -0.25) is 19.5 Å². The molecule has 2 aromatic rings. The molecule has 2 aliphatic heterocycles. The highest BCUT2D eigenvalue weighted by atomic mass is 16.2. The molecular formula is C25H32N4O2. The van der Waals surface area contributed by atoms with Gasteiger partial charge in [0.05, 0.1) is 0 Å². The van der Waals surface area contributed by atoms with Gasteiger partial charge in [-0.15, -0.1) is 0 Å². The molecule has 0 unspecified atom stereocenters. The van der Waals surface area contributed by atoms with Crippen LogP contribution < -0.4 is 5.32 Å². The third kappa shape index (κ3) is 5.50. The molecule has 1 fully saturated rings. The Balaban J connectivity index is 1.46. The highest BCUT2D eigenvalue weighted by Gasteiger charge is 2.39. The fourth-order valence-corrected chi connectivity index (χ4v) is 4.96. The number of hydrogen-bond acceptors (Lipinski definition) is 4. The standard InChI is InChI=1S/C25H32N4O2/c1-20(30)27-12-8-24(31)29-18-23-7-3-2-6-22(23)15-25(19-29)9-13-28(14-10-25)17-21-5-4-11-26-16-21/h2-7,11,16H,8-10,12-15,17-19H2,1H3,(H,27,30). The van der Waals surface area contributed by atoms with Crippen LogP contribution in [0.15, 0.2) is 48.8 Å². The number of piperidine rings is 1. The smallest absolute Gasteiger partial charge is 0.224 e. The summed E-state index contributed by atoms with van der Waals surface area (Å²) in [5.41, 5.74) is 3.99. The molecule has 0 radical (unpaired) electrons. The lowest BCUT2D eigenvalue weighted by Crippen LogP contribution is -2.47. The van der Waals surface area contributed by atoms with Crippen molar-refractivity contribution in [1.82, 2.24) is 20.1 Å². The molecule has 4 rings (SSSR count). The van der Waals surface area contributed by atoms with Crippen LogP contribution in [0.5, 0.6) is 0 Å². The molecule has 1 N–H and O–H groups in total. The Morgan fingerprint density at radius 1 is 1.10 bits per heavy atom. The third-order valence-electron chi connectivity index (χ3n) is 6.68. The van der Waals surface area contributed by atoms with Crippen molar-refractivity contribution in [3.8, 4) is 0 Å². The molecule has 1 spiro atoms. The van der Waals surface area contributed by atoms with Crippen molar-refractivity contribution in [2.24, 2.45) is 5.41 Å². The molecule has 2 aliphatic rings. The van der Waals surface area contributed by atoms with Gasteiger partial charge < -0.3 is 10.2 Å². The van der Waals surface area contributed by atoms with Crippen LogP contribution in [-0.2, 0) is 29.1 Å². The van der Waals surface area contributed by atoms with Gasteiger partial charge in [0, 0.05) is 51.9 Å². The lowest BCUT2D eigenvalue weighted by molar-refractivity contribution is -0.134. The first kappa shape index (κ1) is 21.5. The average molecular weight is 421 g/mol. The summed E-state index contributed by atoms with van der Waals surface area (Å²) >= 11 is 0. The van der Waals surface area contributed by atoms with Gasteiger partial charge in [-0.25, -0.2) is 0 Å². The maximum Gasteiger partial charge on any atom is 0.224 e. The van der Waals surface area contributed by atoms with E-state index in [1.165, 1.54) is 23.6 Å². The number of rotatable bonds is 5. The fourth-order valence-electron chi connectivity index (χ4n) is 4.96. The second-order valence-corrected chi connectivity index (χ2v) is 9.07.